The fourth-order valence-electron chi connectivity index (χ4n) is 6.87. The minimum Gasteiger partial charge on any atom is -0.394 e. The molecule has 1 amide bonds. The van der Waals surface area contributed by atoms with E-state index in [4.69, 9.17) is 0 Å². The fourth-order valence-corrected chi connectivity index (χ4v) is 6.87. The molecule has 0 spiro atoms. The summed E-state index contributed by atoms with van der Waals surface area (Å²) in [5.41, 5.74) is 0. The van der Waals surface area contributed by atoms with E-state index in [1.807, 2.05) is 6.08 Å². The Morgan fingerprint density at radius 3 is 1.27 bits per heavy atom. The summed E-state index contributed by atoms with van der Waals surface area (Å²) in [6.45, 7) is 4.19. The molecule has 0 heterocycles. The molecule has 0 aromatic heterocycles. The first-order valence-corrected chi connectivity index (χ1v) is 23.6. The molecule has 0 aromatic rings. The number of allylic oxidation sites excluding steroid dienone is 9. The molecular formula is C50H91NO4. The molecule has 0 aliphatic heterocycles. The third-order valence-electron chi connectivity index (χ3n) is 10.5. The second kappa shape index (κ2) is 44.8. The van der Waals surface area contributed by atoms with Gasteiger partial charge in [-0.3, -0.25) is 4.79 Å². The predicted octanol–water partition coefficient (Wildman–Crippen LogP) is 13.9. The van der Waals surface area contributed by atoms with Gasteiger partial charge in [0.05, 0.1) is 31.3 Å². The minimum atomic E-state index is -0.966. The number of aliphatic hydroxyl groups is 3. The first-order valence-electron chi connectivity index (χ1n) is 23.6. The summed E-state index contributed by atoms with van der Waals surface area (Å²) >= 11 is 0. The van der Waals surface area contributed by atoms with E-state index < -0.39 is 18.2 Å². The van der Waals surface area contributed by atoms with Crippen LogP contribution in [0.1, 0.15) is 226 Å². The number of carbonyl (C=O) groups is 1. The van der Waals surface area contributed by atoms with Gasteiger partial charge in [0.15, 0.2) is 0 Å². The van der Waals surface area contributed by atoms with Crippen molar-refractivity contribution in [3.05, 3.63) is 60.8 Å². The van der Waals surface area contributed by atoms with Crippen molar-refractivity contribution in [1.82, 2.24) is 5.32 Å². The van der Waals surface area contributed by atoms with Gasteiger partial charge in [-0.25, -0.2) is 0 Å². The van der Waals surface area contributed by atoms with Crippen LogP contribution in [-0.2, 0) is 4.79 Å². The number of amides is 1. The Hall–Kier alpha value is -1.95. The molecule has 55 heavy (non-hydrogen) atoms. The molecular weight excluding hydrogens is 679 g/mol. The van der Waals surface area contributed by atoms with Crippen LogP contribution in [0.5, 0.6) is 0 Å². The molecule has 0 fully saturated rings. The number of hydrogen-bond acceptors (Lipinski definition) is 4. The second-order valence-electron chi connectivity index (χ2n) is 16.0. The van der Waals surface area contributed by atoms with Crippen LogP contribution in [0.3, 0.4) is 0 Å². The van der Waals surface area contributed by atoms with Crippen LogP contribution in [0.15, 0.2) is 60.8 Å². The van der Waals surface area contributed by atoms with Crippen molar-refractivity contribution < 1.29 is 20.1 Å². The number of aliphatic hydroxyl groups excluding tert-OH is 3. The van der Waals surface area contributed by atoms with Gasteiger partial charge in [-0.15, -0.1) is 0 Å². The smallest absolute Gasteiger partial charge is 0.222 e. The van der Waals surface area contributed by atoms with Gasteiger partial charge >= 0.3 is 0 Å². The van der Waals surface area contributed by atoms with Crippen molar-refractivity contribution in [2.75, 3.05) is 6.61 Å². The molecule has 0 radical (unpaired) electrons. The Bertz CT molecular complexity index is 938. The maximum atomic E-state index is 12.5. The molecule has 0 aliphatic rings. The molecule has 0 saturated carbocycles. The summed E-state index contributed by atoms with van der Waals surface area (Å²) in [6.07, 6.45) is 59.4. The van der Waals surface area contributed by atoms with Crippen LogP contribution in [0.4, 0.5) is 0 Å². The zero-order valence-electron chi connectivity index (χ0n) is 36.3. The lowest BCUT2D eigenvalue weighted by molar-refractivity contribution is -0.124. The SMILES string of the molecule is CCCCCCCCCCC/C=C\C/C=C\CCCCCCCC(O)CC(=O)NC(CO)C(O)/C=C/CC/C=C/CC/C=C/CCCCCCCCCCC. The van der Waals surface area contributed by atoms with Crippen LogP contribution >= 0.6 is 0 Å². The van der Waals surface area contributed by atoms with E-state index in [1.165, 1.54) is 141 Å². The van der Waals surface area contributed by atoms with Crippen molar-refractivity contribution in [2.24, 2.45) is 0 Å². The van der Waals surface area contributed by atoms with Crippen molar-refractivity contribution in [3.63, 3.8) is 0 Å². The number of carbonyl (C=O) groups excluding carboxylic acids is 1. The van der Waals surface area contributed by atoms with E-state index in [-0.39, 0.29) is 18.9 Å². The van der Waals surface area contributed by atoms with Gasteiger partial charge in [-0.05, 0) is 77.0 Å². The zero-order chi connectivity index (χ0) is 40.1. The van der Waals surface area contributed by atoms with E-state index >= 15 is 0 Å². The van der Waals surface area contributed by atoms with Gasteiger partial charge in [0.1, 0.15) is 0 Å². The van der Waals surface area contributed by atoms with E-state index in [9.17, 15) is 20.1 Å². The number of rotatable bonds is 42. The van der Waals surface area contributed by atoms with Crippen LogP contribution in [0.25, 0.3) is 0 Å². The number of hydrogen-bond donors (Lipinski definition) is 4. The third kappa shape index (κ3) is 41.5. The van der Waals surface area contributed by atoms with E-state index in [1.54, 1.807) is 6.08 Å². The van der Waals surface area contributed by atoms with Crippen molar-refractivity contribution >= 4 is 5.91 Å². The molecule has 0 bridgehead atoms. The first-order chi connectivity index (χ1) is 27.0. The van der Waals surface area contributed by atoms with Gasteiger partial charge in [-0.1, -0.05) is 203 Å². The summed E-state index contributed by atoms with van der Waals surface area (Å²) in [5, 5.41) is 33.2. The lowest BCUT2D eigenvalue weighted by atomic mass is 10.0. The highest BCUT2D eigenvalue weighted by atomic mass is 16.3. The van der Waals surface area contributed by atoms with Crippen molar-refractivity contribution in [1.29, 1.82) is 0 Å². The Kier molecular flexibility index (Phi) is 43.2. The van der Waals surface area contributed by atoms with Crippen LogP contribution in [0.2, 0.25) is 0 Å². The normalized spacial score (nSPS) is 14.1. The quantitative estimate of drug-likeness (QED) is 0.0368. The van der Waals surface area contributed by atoms with Crippen LogP contribution in [-0.4, -0.2) is 46.1 Å². The van der Waals surface area contributed by atoms with Crippen LogP contribution < -0.4 is 5.32 Å². The predicted molar refractivity (Wildman–Crippen MR) is 240 cm³/mol. The highest BCUT2D eigenvalue weighted by molar-refractivity contribution is 5.76. The highest BCUT2D eigenvalue weighted by Gasteiger charge is 2.20. The molecule has 5 heteroatoms. The minimum absolute atomic E-state index is 0.00932. The van der Waals surface area contributed by atoms with E-state index in [0.717, 1.165) is 57.8 Å². The first kappa shape index (κ1) is 53.0. The molecule has 0 saturated heterocycles. The summed E-state index contributed by atoms with van der Waals surface area (Å²) < 4.78 is 0. The molecule has 4 N–H and O–H groups in total. The zero-order valence-corrected chi connectivity index (χ0v) is 36.3. The van der Waals surface area contributed by atoms with Gasteiger partial charge in [0, 0.05) is 0 Å². The third-order valence-corrected chi connectivity index (χ3v) is 10.5. The van der Waals surface area contributed by atoms with E-state index in [0.29, 0.717) is 6.42 Å². The standard InChI is InChI=1S/C50H91NO4/c1-3-5-7-9-11-13-15-17-19-21-23-24-26-27-29-31-33-35-37-39-41-43-47(53)45-50(55)51-48(46-52)49(54)44-42-40-38-36-34-32-30-28-25-22-20-18-16-14-12-10-8-6-4-2/h23-25,27-29,34,36,42,44,47-49,52-54H,3-22,26,30-33,35,37-41,43,45-46H2,1-2H3,(H,51,55)/b24-23-,28-25+,29-27-,36-34+,44-42+. The average Bonchev–Trinajstić information content (AvgIpc) is 3.18. The number of unbranched alkanes of at least 4 members (excludes halogenated alkanes) is 25. The van der Waals surface area contributed by atoms with Gasteiger partial charge in [0.25, 0.3) is 0 Å². The second-order valence-corrected chi connectivity index (χ2v) is 16.0. The number of nitrogens with one attached hydrogen (secondary N) is 1. The average molecular weight is 770 g/mol. The topological polar surface area (TPSA) is 89.8 Å². The summed E-state index contributed by atoms with van der Waals surface area (Å²) in [4.78, 5) is 12.5. The summed E-state index contributed by atoms with van der Waals surface area (Å²) in [7, 11) is 0. The Morgan fingerprint density at radius 2 is 0.836 bits per heavy atom. The Labute approximate surface area is 341 Å². The van der Waals surface area contributed by atoms with E-state index in [2.05, 4.69) is 67.8 Å². The molecule has 320 valence electrons. The monoisotopic (exact) mass is 770 g/mol. The summed E-state index contributed by atoms with van der Waals surface area (Å²) in [5.74, 6) is -0.339. The van der Waals surface area contributed by atoms with Crippen molar-refractivity contribution in [3.8, 4) is 0 Å². The lowest BCUT2D eigenvalue weighted by Gasteiger charge is -2.20. The molecule has 5 nitrogen and oxygen atoms in total. The molecule has 0 aliphatic carbocycles. The molecule has 0 aromatic carbocycles. The van der Waals surface area contributed by atoms with Crippen LogP contribution in [0, 0.1) is 0 Å². The maximum absolute atomic E-state index is 12.5. The van der Waals surface area contributed by atoms with Crippen molar-refractivity contribution in [2.45, 2.75) is 244 Å². The Balaban J connectivity index is 3.76. The molecule has 3 unspecified atom stereocenters. The molecule has 3 atom stereocenters. The fraction of sp³-hybridized carbons (Fsp3) is 0.780. The summed E-state index contributed by atoms with van der Waals surface area (Å²) in [6, 6.07) is -0.775. The van der Waals surface area contributed by atoms with Gasteiger partial charge in [0.2, 0.25) is 5.91 Å². The Morgan fingerprint density at radius 1 is 0.473 bits per heavy atom. The maximum Gasteiger partial charge on any atom is 0.222 e. The lowest BCUT2D eigenvalue weighted by Crippen LogP contribution is -2.45. The molecule has 0 rings (SSSR count). The largest absolute Gasteiger partial charge is 0.394 e. The van der Waals surface area contributed by atoms with Gasteiger partial charge in [-0.2, -0.15) is 0 Å². The highest BCUT2D eigenvalue weighted by Crippen LogP contribution is 2.14. The van der Waals surface area contributed by atoms with Gasteiger partial charge < -0.3 is 20.6 Å².